The van der Waals surface area contributed by atoms with Gasteiger partial charge >= 0.3 is 5.97 Å². The van der Waals surface area contributed by atoms with Gasteiger partial charge in [0.15, 0.2) is 5.17 Å². The topological polar surface area (TPSA) is 91.9 Å². The smallest absolute Gasteiger partial charge is 0.335 e. The average molecular weight is 439 g/mol. The summed E-state index contributed by atoms with van der Waals surface area (Å²) in [6.07, 6.45) is 1.64. The van der Waals surface area contributed by atoms with Crippen molar-refractivity contribution >= 4 is 52.2 Å². The highest BCUT2D eigenvalue weighted by Crippen LogP contribution is 2.32. The summed E-state index contributed by atoms with van der Waals surface area (Å²) in [5.41, 5.74) is 2.47. The van der Waals surface area contributed by atoms with E-state index in [4.69, 9.17) is 21.1 Å². The van der Waals surface area contributed by atoms with Gasteiger partial charge in [0.1, 0.15) is 11.5 Å². The van der Waals surface area contributed by atoms with Gasteiger partial charge in [0.2, 0.25) is 0 Å². The lowest BCUT2D eigenvalue weighted by Gasteiger charge is -2.02. The lowest BCUT2D eigenvalue weighted by atomic mass is 10.1. The number of furan rings is 1. The van der Waals surface area contributed by atoms with E-state index in [1.165, 1.54) is 23.9 Å². The number of aromatic carboxylic acids is 1. The van der Waals surface area contributed by atoms with Gasteiger partial charge in [-0.05, 0) is 60.6 Å². The third kappa shape index (κ3) is 4.17. The zero-order valence-electron chi connectivity index (χ0n) is 15.7. The van der Waals surface area contributed by atoms with E-state index >= 15 is 0 Å². The largest absolute Gasteiger partial charge is 0.478 e. The van der Waals surface area contributed by atoms with E-state index in [1.54, 1.807) is 42.5 Å². The highest BCUT2D eigenvalue weighted by atomic mass is 35.5. The van der Waals surface area contributed by atoms with Crippen molar-refractivity contribution in [3.63, 3.8) is 0 Å². The van der Waals surface area contributed by atoms with Crippen molar-refractivity contribution in [3.05, 3.63) is 81.4 Å². The summed E-state index contributed by atoms with van der Waals surface area (Å²) in [5, 5.41) is 12.8. The number of rotatable bonds is 4. The van der Waals surface area contributed by atoms with Crippen LogP contribution in [-0.4, -0.2) is 22.2 Å². The van der Waals surface area contributed by atoms with E-state index in [0.29, 0.717) is 32.3 Å². The summed E-state index contributed by atoms with van der Waals surface area (Å²) in [5.74, 6) is -0.167. The molecule has 4 rings (SSSR count). The molecule has 1 aromatic heterocycles. The van der Waals surface area contributed by atoms with Gasteiger partial charge < -0.3 is 14.8 Å². The van der Waals surface area contributed by atoms with Gasteiger partial charge in [-0.1, -0.05) is 29.8 Å². The number of hydrogen-bond acceptors (Lipinski definition) is 5. The zero-order valence-corrected chi connectivity index (χ0v) is 17.3. The van der Waals surface area contributed by atoms with Gasteiger partial charge in [-0.3, -0.25) is 4.79 Å². The summed E-state index contributed by atoms with van der Waals surface area (Å²) in [4.78, 5) is 28.2. The maximum absolute atomic E-state index is 12.3. The Hall–Kier alpha value is -3.29. The fourth-order valence-electron chi connectivity index (χ4n) is 2.80. The molecule has 0 bridgehead atoms. The predicted octanol–water partition coefficient (Wildman–Crippen LogP) is 5.50. The van der Waals surface area contributed by atoms with E-state index in [9.17, 15) is 9.59 Å². The first-order valence-corrected chi connectivity index (χ1v) is 10.1. The van der Waals surface area contributed by atoms with E-state index in [2.05, 4.69) is 10.3 Å². The summed E-state index contributed by atoms with van der Waals surface area (Å²) in [7, 11) is 0. The van der Waals surface area contributed by atoms with Crippen molar-refractivity contribution in [1.82, 2.24) is 5.32 Å². The van der Waals surface area contributed by atoms with E-state index in [0.717, 1.165) is 11.1 Å². The summed E-state index contributed by atoms with van der Waals surface area (Å²) >= 11 is 7.34. The van der Waals surface area contributed by atoms with E-state index in [1.807, 2.05) is 13.0 Å². The van der Waals surface area contributed by atoms with Gasteiger partial charge in [0.25, 0.3) is 5.91 Å². The number of amides is 1. The number of nitrogens with one attached hydrogen (secondary N) is 1. The lowest BCUT2D eigenvalue weighted by molar-refractivity contribution is -0.115. The molecule has 3 aromatic rings. The first kappa shape index (κ1) is 20.0. The number of aliphatic imine (C=N–C) groups is 1. The van der Waals surface area contributed by atoms with Crippen LogP contribution in [0.2, 0.25) is 5.02 Å². The molecule has 2 aromatic carbocycles. The molecule has 6 nitrogen and oxygen atoms in total. The summed E-state index contributed by atoms with van der Waals surface area (Å²) in [6, 6.07) is 15.3. The first-order chi connectivity index (χ1) is 14.4. The number of thioether (sulfide) groups is 1. The Balaban J connectivity index is 1.54. The quantitative estimate of drug-likeness (QED) is 0.525. The molecule has 0 aliphatic carbocycles. The van der Waals surface area contributed by atoms with Crippen molar-refractivity contribution in [2.24, 2.45) is 4.99 Å². The second kappa shape index (κ2) is 8.22. The van der Waals surface area contributed by atoms with Crippen LogP contribution >= 0.6 is 23.4 Å². The second-order valence-electron chi connectivity index (χ2n) is 6.45. The van der Waals surface area contributed by atoms with Crippen LogP contribution in [0.15, 0.2) is 68.9 Å². The molecule has 2 N–H and O–H groups in total. The maximum Gasteiger partial charge on any atom is 0.335 e. The summed E-state index contributed by atoms with van der Waals surface area (Å²) in [6.45, 7) is 1.87. The lowest BCUT2D eigenvalue weighted by Crippen LogP contribution is -2.19. The Bertz CT molecular complexity index is 1210. The maximum atomic E-state index is 12.3. The molecule has 150 valence electrons. The molecule has 0 saturated carbocycles. The molecular weight excluding hydrogens is 424 g/mol. The zero-order chi connectivity index (χ0) is 21.3. The van der Waals surface area contributed by atoms with Gasteiger partial charge in [-0.15, -0.1) is 0 Å². The monoisotopic (exact) mass is 438 g/mol. The van der Waals surface area contributed by atoms with Crippen LogP contribution in [0.3, 0.4) is 0 Å². The molecule has 1 aliphatic rings. The van der Waals surface area contributed by atoms with Gasteiger partial charge in [0, 0.05) is 16.7 Å². The molecular formula is C22H15ClN2O4S. The van der Waals surface area contributed by atoms with Crippen LogP contribution in [0, 0.1) is 6.92 Å². The van der Waals surface area contributed by atoms with Crippen molar-refractivity contribution in [2.75, 3.05) is 0 Å². The number of carbonyl (C=O) groups is 2. The first-order valence-electron chi connectivity index (χ1n) is 8.89. The molecule has 1 fully saturated rings. The number of carboxylic acids is 1. The highest BCUT2D eigenvalue weighted by molar-refractivity contribution is 8.18. The third-order valence-corrected chi connectivity index (χ3v) is 5.75. The number of nitrogens with zero attached hydrogens (tertiary/aromatic N) is 1. The Labute approximate surface area is 181 Å². The van der Waals surface area contributed by atoms with Crippen LogP contribution in [0.5, 0.6) is 0 Å². The highest BCUT2D eigenvalue weighted by Gasteiger charge is 2.24. The molecule has 1 saturated heterocycles. The summed E-state index contributed by atoms with van der Waals surface area (Å²) < 4.78 is 5.79. The van der Waals surface area contributed by atoms with Crippen LogP contribution in [0.4, 0.5) is 5.69 Å². The SMILES string of the molecule is Cc1c(Cl)cccc1N=C1NC(=O)/C(=C/c2ccc(-c3ccc(C(=O)O)cc3)o2)S1. The van der Waals surface area contributed by atoms with Gasteiger partial charge in [0.05, 0.1) is 16.2 Å². The van der Waals surface area contributed by atoms with Crippen LogP contribution in [0.25, 0.3) is 17.4 Å². The number of carbonyl (C=O) groups excluding carboxylic acids is 1. The molecule has 1 amide bonds. The van der Waals surface area contributed by atoms with Crippen molar-refractivity contribution in [2.45, 2.75) is 6.92 Å². The minimum absolute atomic E-state index is 0.202. The Morgan fingerprint density at radius 2 is 1.93 bits per heavy atom. The van der Waals surface area contributed by atoms with Gasteiger partial charge in [-0.2, -0.15) is 0 Å². The van der Waals surface area contributed by atoms with Crippen LogP contribution in [-0.2, 0) is 4.79 Å². The van der Waals surface area contributed by atoms with Crippen molar-refractivity contribution in [1.29, 1.82) is 0 Å². The fraction of sp³-hybridized carbons (Fsp3) is 0.0455. The fourth-order valence-corrected chi connectivity index (χ4v) is 3.78. The van der Waals surface area contributed by atoms with Crippen molar-refractivity contribution in [3.8, 4) is 11.3 Å². The third-order valence-electron chi connectivity index (χ3n) is 4.43. The molecule has 0 atom stereocenters. The molecule has 30 heavy (non-hydrogen) atoms. The minimum atomic E-state index is -0.985. The van der Waals surface area contributed by atoms with Crippen LogP contribution in [0.1, 0.15) is 21.7 Å². The number of carboxylic acid groups (broad SMARTS) is 1. The Kier molecular flexibility index (Phi) is 5.48. The molecule has 0 radical (unpaired) electrons. The minimum Gasteiger partial charge on any atom is -0.478 e. The standard InChI is InChI=1S/C22H15ClN2O4S/c1-12-16(23)3-2-4-17(12)24-22-25-20(26)19(30-22)11-15-9-10-18(29-15)13-5-7-14(8-6-13)21(27)28/h2-11H,1H3,(H,27,28)(H,24,25,26)/b19-11-. The van der Waals surface area contributed by atoms with E-state index in [-0.39, 0.29) is 11.5 Å². The van der Waals surface area contributed by atoms with Crippen LogP contribution < -0.4 is 5.32 Å². The molecule has 0 unspecified atom stereocenters. The van der Waals surface area contributed by atoms with Gasteiger partial charge in [-0.25, -0.2) is 9.79 Å². The average Bonchev–Trinajstić information content (AvgIpc) is 3.32. The molecule has 1 aliphatic heterocycles. The number of halogens is 1. The molecule has 0 spiro atoms. The predicted molar refractivity (Wildman–Crippen MR) is 118 cm³/mol. The molecule has 2 heterocycles. The number of hydrogen-bond donors (Lipinski definition) is 2. The second-order valence-corrected chi connectivity index (χ2v) is 7.89. The van der Waals surface area contributed by atoms with E-state index < -0.39 is 5.97 Å². The van der Waals surface area contributed by atoms with Crippen molar-refractivity contribution < 1.29 is 19.1 Å². The number of benzene rings is 2. The normalized spacial score (nSPS) is 16.3. The molecule has 8 heteroatoms. The Morgan fingerprint density at radius 3 is 2.67 bits per heavy atom. The Morgan fingerprint density at radius 1 is 1.17 bits per heavy atom. The number of amidine groups is 1.